The number of pyridine rings is 1. The third-order valence-corrected chi connectivity index (χ3v) is 6.05. The van der Waals surface area contributed by atoms with Gasteiger partial charge in [-0.25, -0.2) is 4.98 Å². The Balaban J connectivity index is 1.57. The number of aliphatic hydroxyl groups excluding tert-OH is 2. The van der Waals surface area contributed by atoms with E-state index in [1.165, 1.54) is 0 Å². The molecule has 0 amide bonds. The van der Waals surface area contributed by atoms with Crippen LogP contribution in [0.5, 0.6) is 0 Å². The first-order valence-corrected chi connectivity index (χ1v) is 9.22. The number of anilines is 1. The van der Waals surface area contributed by atoms with E-state index in [1.807, 2.05) is 37.3 Å². The van der Waals surface area contributed by atoms with Crippen LogP contribution in [0.3, 0.4) is 0 Å². The highest BCUT2D eigenvalue weighted by molar-refractivity contribution is 5.81. The predicted octanol–water partition coefficient (Wildman–Crippen LogP) is 2.48. The fraction of sp³-hybridized carbons (Fsp3) is 0.550. The van der Waals surface area contributed by atoms with Gasteiger partial charge in [0.25, 0.3) is 0 Å². The lowest BCUT2D eigenvalue weighted by Gasteiger charge is -2.56. The molecule has 1 saturated carbocycles. The minimum Gasteiger partial charge on any atom is -0.392 e. The molecule has 2 heterocycles. The highest BCUT2D eigenvalue weighted by Gasteiger charge is 2.56. The van der Waals surface area contributed by atoms with E-state index in [4.69, 9.17) is 9.72 Å². The van der Waals surface area contributed by atoms with Crippen LogP contribution in [-0.2, 0) is 11.3 Å². The molecule has 2 N–H and O–H groups in total. The predicted molar refractivity (Wildman–Crippen MR) is 97.6 cm³/mol. The van der Waals surface area contributed by atoms with E-state index in [0.29, 0.717) is 6.61 Å². The van der Waals surface area contributed by atoms with Crippen molar-refractivity contribution in [2.75, 3.05) is 24.6 Å². The van der Waals surface area contributed by atoms with Crippen LogP contribution in [0.2, 0.25) is 0 Å². The molecule has 2 aliphatic rings. The largest absolute Gasteiger partial charge is 0.392 e. The van der Waals surface area contributed by atoms with Crippen LogP contribution >= 0.6 is 0 Å². The van der Waals surface area contributed by atoms with Gasteiger partial charge in [-0.3, -0.25) is 0 Å². The summed E-state index contributed by atoms with van der Waals surface area (Å²) >= 11 is 0. The number of piperidine rings is 1. The molecule has 2 aromatic rings. The van der Waals surface area contributed by atoms with E-state index in [0.717, 1.165) is 54.6 Å². The number of nitrogens with zero attached hydrogens (tertiary/aromatic N) is 2. The normalized spacial score (nSPS) is 25.3. The number of hydrogen-bond acceptors (Lipinski definition) is 5. The standard InChI is InChI=1S/C20H26N2O3/c1-2-25-18-12-17(24)20(18)7-9-22(10-8-20)19-15(13-23)11-14-5-3-4-6-16(14)21-19/h3-6,11,17-18,23-24H,2,7-10,12-13H2,1H3/t17-,18-/m0/s1. The summed E-state index contributed by atoms with van der Waals surface area (Å²) in [6.07, 6.45) is 2.48. The second kappa shape index (κ2) is 6.56. The molecule has 134 valence electrons. The number of aromatic nitrogens is 1. The van der Waals surface area contributed by atoms with Gasteiger partial charge < -0.3 is 19.8 Å². The topological polar surface area (TPSA) is 65.8 Å². The second-order valence-electron chi connectivity index (χ2n) is 7.24. The fourth-order valence-electron chi connectivity index (χ4n) is 4.49. The SMILES string of the molecule is CCO[C@H]1C[C@H](O)C12CCN(c1nc3ccccc3cc1CO)CC2. The van der Waals surface area contributed by atoms with E-state index in [1.54, 1.807) is 0 Å². The molecule has 1 saturated heterocycles. The minimum atomic E-state index is -0.256. The molecule has 1 spiro atoms. The summed E-state index contributed by atoms with van der Waals surface area (Å²) < 4.78 is 5.85. The minimum absolute atomic E-state index is 0.0149. The van der Waals surface area contributed by atoms with E-state index >= 15 is 0 Å². The lowest BCUT2D eigenvalue weighted by molar-refractivity contribution is -0.199. The van der Waals surface area contributed by atoms with Crippen molar-refractivity contribution in [1.82, 2.24) is 4.98 Å². The van der Waals surface area contributed by atoms with Gasteiger partial charge in [0.15, 0.2) is 0 Å². The van der Waals surface area contributed by atoms with E-state index in [2.05, 4.69) is 4.90 Å². The van der Waals surface area contributed by atoms with E-state index < -0.39 is 0 Å². The van der Waals surface area contributed by atoms with Gasteiger partial charge in [0, 0.05) is 42.5 Å². The fourth-order valence-corrected chi connectivity index (χ4v) is 4.49. The van der Waals surface area contributed by atoms with Crippen molar-refractivity contribution in [3.63, 3.8) is 0 Å². The molecule has 0 bridgehead atoms. The first-order valence-electron chi connectivity index (χ1n) is 9.22. The quantitative estimate of drug-likeness (QED) is 0.894. The Labute approximate surface area is 148 Å². The van der Waals surface area contributed by atoms with Crippen molar-refractivity contribution in [3.8, 4) is 0 Å². The first kappa shape index (κ1) is 16.8. The Hall–Kier alpha value is -1.69. The molecule has 1 aromatic carbocycles. The highest BCUT2D eigenvalue weighted by atomic mass is 16.5. The van der Waals surface area contributed by atoms with Crippen molar-refractivity contribution in [1.29, 1.82) is 0 Å². The van der Waals surface area contributed by atoms with Gasteiger partial charge >= 0.3 is 0 Å². The lowest BCUT2D eigenvalue weighted by atomic mass is 9.58. The molecule has 1 aliphatic carbocycles. The van der Waals surface area contributed by atoms with Crippen molar-refractivity contribution in [3.05, 3.63) is 35.9 Å². The van der Waals surface area contributed by atoms with Crippen molar-refractivity contribution in [2.45, 2.75) is 45.0 Å². The molecular formula is C20H26N2O3. The average Bonchev–Trinajstić information content (AvgIpc) is 2.67. The van der Waals surface area contributed by atoms with Crippen molar-refractivity contribution in [2.24, 2.45) is 5.41 Å². The Morgan fingerprint density at radius 2 is 2.04 bits per heavy atom. The van der Waals surface area contributed by atoms with Crippen LogP contribution in [0, 0.1) is 5.41 Å². The van der Waals surface area contributed by atoms with Gasteiger partial charge in [0.1, 0.15) is 5.82 Å². The molecule has 1 aromatic heterocycles. The summed E-state index contributed by atoms with van der Waals surface area (Å²) in [5, 5.41) is 21.2. The molecule has 2 atom stereocenters. The van der Waals surface area contributed by atoms with Crippen LogP contribution in [0.15, 0.2) is 30.3 Å². The molecule has 0 radical (unpaired) electrons. The van der Waals surface area contributed by atoms with Crippen LogP contribution in [0.1, 0.15) is 31.7 Å². The zero-order valence-corrected chi connectivity index (χ0v) is 14.7. The van der Waals surface area contributed by atoms with Gasteiger partial charge in [0.2, 0.25) is 0 Å². The third-order valence-electron chi connectivity index (χ3n) is 6.05. The molecule has 5 nitrogen and oxygen atoms in total. The highest BCUT2D eigenvalue weighted by Crippen LogP contribution is 2.51. The summed E-state index contributed by atoms with van der Waals surface area (Å²) in [6, 6.07) is 10.0. The Morgan fingerprint density at radius 1 is 1.28 bits per heavy atom. The van der Waals surface area contributed by atoms with E-state index in [9.17, 15) is 10.2 Å². The van der Waals surface area contributed by atoms with Crippen molar-refractivity contribution >= 4 is 16.7 Å². The summed E-state index contributed by atoms with van der Waals surface area (Å²) in [7, 11) is 0. The molecular weight excluding hydrogens is 316 g/mol. The van der Waals surface area contributed by atoms with Gasteiger partial charge in [-0.05, 0) is 31.9 Å². The Morgan fingerprint density at radius 3 is 2.72 bits per heavy atom. The van der Waals surface area contributed by atoms with E-state index in [-0.39, 0.29) is 24.2 Å². The summed E-state index contributed by atoms with van der Waals surface area (Å²) in [4.78, 5) is 7.06. The average molecular weight is 342 g/mol. The zero-order chi connectivity index (χ0) is 17.4. The molecule has 0 unspecified atom stereocenters. The number of fused-ring (bicyclic) bond motifs is 1. The van der Waals surface area contributed by atoms with Gasteiger partial charge in [-0.2, -0.15) is 0 Å². The molecule has 2 fully saturated rings. The molecule has 25 heavy (non-hydrogen) atoms. The van der Waals surface area contributed by atoms with Crippen LogP contribution in [-0.4, -0.2) is 47.1 Å². The van der Waals surface area contributed by atoms with Crippen molar-refractivity contribution < 1.29 is 14.9 Å². The lowest BCUT2D eigenvalue weighted by Crippen LogP contribution is -2.62. The summed E-state index contributed by atoms with van der Waals surface area (Å²) in [5.41, 5.74) is 1.72. The monoisotopic (exact) mass is 342 g/mol. The summed E-state index contributed by atoms with van der Waals surface area (Å²) in [5.74, 6) is 0.873. The summed E-state index contributed by atoms with van der Waals surface area (Å²) in [6.45, 7) is 4.36. The van der Waals surface area contributed by atoms with Crippen LogP contribution in [0.4, 0.5) is 5.82 Å². The van der Waals surface area contributed by atoms with Crippen LogP contribution in [0.25, 0.3) is 10.9 Å². The number of aliphatic hydroxyl groups is 2. The molecule has 1 aliphatic heterocycles. The molecule has 5 heteroatoms. The number of para-hydroxylation sites is 1. The number of hydrogen-bond donors (Lipinski definition) is 2. The van der Waals surface area contributed by atoms with Crippen LogP contribution < -0.4 is 4.90 Å². The zero-order valence-electron chi connectivity index (χ0n) is 14.7. The first-order chi connectivity index (χ1) is 12.2. The number of benzene rings is 1. The molecule has 4 rings (SSSR count). The number of ether oxygens (including phenoxy) is 1. The van der Waals surface area contributed by atoms with Gasteiger partial charge in [-0.1, -0.05) is 18.2 Å². The maximum absolute atomic E-state index is 10.4. The smallest absolute Gasteiger partial charge is 0.134 e. The Bertz CT molecular complexity index is 754. The van der Waals surface area contributed by atoms with Gasteiger partial charge in [-0.15, -0.1) is 0 Å². The van der Waals surface area contributed by atoms with Gasteiger partial charge in [0.05, 0.1) is 24.3 Å². The maximum Gasteiger partial charge on any atom is 0.134 e. The Kier molecular flexibility index (Phi) is 4.40. The number of rotatable bonds is 4. The third kappa shape index (κ3) is 2.71. The second-order valence-corrected chi connectivity index (χ2v) is 7.24. The maximum atomic E-state index is 10.4.